The van der Waals surface area contributed by atoms with Crippen molar-refractivity contribution in [2.45, 2.75) is 0 Å². The Morgan fingerprint density at radius 1 is 0.970 bits per heavy atom. The number of para-hydroxylation sites is 1. The molecule has 170 valence electrons. The van der Waals surface area contributed by atoms with E-state index in [1.54, 1.807) is 33.5 Å². The number of nitriles is 1. The number of aromatic nitrogens is 3. The number of allylic oxidation sites excluding steroid dienone is 1. The fourth-order valence-corrected chi connectivity index (χ4v) is 3.77. The van der Waals surface area contributed by atoms with Gasteiger partial charge in [-0.05, 0) is 30.3 Å². The minimum atomic E-state index is 0.330. The number of benzene rings is 2. The third-order valence-corrected chi connectivity index (χ3v) is 5.35. The molecule has 2 aromatic carbocycles. The zero-order chi connectivity index (χ0) is 23.2. The van der Waals surface area contributed by atoms with Gasteiger partial charge in [0.05, 0.1) is 45.8 Å². The molecule has 0 spiro atoms. The van der Waals surface area contributed by atoms with Crippen LogP contribution in [-0.2, 0) is 4.74 Å². The van der Waals surface area contributed by atoms with Gasteiger partial charge in [-0.25, -0.2) is 0 Å². The maximum atomic E-state index is 10.1. The third kappa shape index (κ3) is 4.33. The van der Waals surface area contributed by atoms with Gasteiger partial charge >= 0.3 is 0 Å². The Kier molecular flexibility index (Phi) is 6.76. The number of ether oxygens (including phenoxy) is 4. The molecule has 1 fully saturated rings. The SMILES string of the molecule is COc1ccc(/C=C(\C#N)c2nnc(N3CCOCC3)n2-c2ccccc2)c(OC)c1OC. The number of rotatable bonds is 7. The number of anilines is 1. The summed E-state index contributed by atoms with van der Waals surface area (Å²) in [6.07, 6.45) is 1.72. The highest BCUT2D eigenvalue weighted by Gasteiger charge is 2.24. The van der Waals surface area contributed by atoms with Gasteiger partial charge in [0.25, 0.3) is 0 Å². The molecule has 0 amide bonds. The summed E-state index contributed by atoms with van der Waals surface area (Å²) in [6.45, 7) is 2.61. The molecule has 4 rings (SSSR count). The van der Waals surface area contributed by atoms with Crippen LogP contribution in [0.15, 0.2) is 42.5 Å². The fraction of sp³-hybridized carbons (Fsp3) is 0.292. The first kappa shape index (κ1) is 22.2. The van der Waals surface area contributed by atoms with E-state index in [4.69, 9.17) is 18.9 Å². The molecule has 1 aromatic heterocycles. The topological polar surface area (TPSA) is 94.7 Å². The van der Waals surface area contributed by atoms with Crippen molar-refractivity contribution >= 4 is 17.6 Å². The Balaban J connectivity index is 1.87. The van der Waals surface area contributed by atoms with Crippen LogP contribution in [0.5, 0.6) is 17.2 Å². The number of nitrogens with zero attached hydrogens (tertiary/aromatic N) is 5. The highest BCUT2D eigenvalue weighted by Crippen LogP contribution is 2.41. The first-order valence-corrected chi connectivity index (χ1v) is 10.5. The van der Waals surface area contributed by atoms with Gasteiger partial charge < -0.3 is 23.8 Å². The maximum absolute atomic E-state index is 10.1. The third-order valence-electron chi connectivity index (χ3n) is 5.35. The molecule has 33 heavy (non-hydrogen) atoms. The van der Waals surface area contributed by atoms with Crippen LogP contribution >= 0.6 is 0 Å². The molecule has 2 heterocycles. The summed E-state index contributed by atoms with van der Waals surface area (Å²) >= 11 is 0. The van der Waals surface area contributed by atoms with Crippen molar-refractivity contribution in [1.82, 2.24) is 14.8 Å². The number of hydrogen-bond acceptors (Lipinski definition) is 8. The van der Waals surface area contributed by atoms with Gasteiger partial charge in [-0.1, -0.05) is 18.2 Å². The molecule has 0 radical (unpaired) electrons. The highest BCUT2D eigenvalue weighted by molar-refractivity contribution is 5.90. The van der Waals surface area contributed by atoms with E-state index in [0.717, 1.165) is 5.69 Å². The van der Waals surface area contributed by atoms with E-state index in [1.807, 2.05) is 41.0 Å². The van der Waals surface area contributed by atoms with Crippen LogP contribution in [0.3, 0.4) is 0 Å². The molecule has 0 aliphatic carbocycles. The molecular weight excluding hydrogens is 422 g/mol. The lowest BCUT2D eigenvalue weighted by Gasteiger charge is -2.28. The van der Waals surface area contributed by atoms with E-state index in [0.29, 0.717) is 66.5 Å². The van der Waals surface area contributed by atoms with Gasteiger partial charge in [0, 0.05) is 18.7 Å². The molecule has 1 aliphatic heterocycles. The summed E-state index contributed by atoms with van der Waals surface area (Å²) in [7, 11) is 4.65. The molecule has 0 saturated carbocycles. The van der Waals surface area contributed by atoms with Gasteiger partial charge in [0.2, 0.25) is 11.7 Å². The van der Waals surface area contributed by atoms with E-state index < -0.39 is 0 Å². The standard InChI is InChI=1S/C24H25N5O4/c1-30-20-10-9-17(21(31-2)22(20)32-3)15-18(16-25)23-26-27-24(28-11-13-33-14-12-28)29(23)19-7-5-4-6-8-19/h4-10,15H,11-14H2,1-3H3/b18-15+. The van der Waals surface area contributed by atoms with Gasteiger partial charge in [-0.15, -0.1) is 10.2 Å². The number of morpholine rings is 1. The normalized spacial score (nSPS) is 14.0. The Labute approximate surface area is 192 Å². The van der Waals surface area contributed by atoms with Crippen molar-refractivity contribution in [3.8, 4) is 29.0 Å². The molecule has 3 aromatic rings. The monoisotopic (exact) mass is 447 g/mol. The Morgan fingerprint density at radius 2 is 1.70 bits per heavy atom. The van der Waals surface area contributed by atoms with Gasteiger partial charge in [0.15, 0.2) is 17.3 Å². The minimum absolute atomic E-state index is 0.330. The van der Waals surface area contributed by atoms with Crippen LogP contribution in [0.2, 0.25) is 0 Å². The molecule has 9 nitrogen and oxygen atoms in total. The molecule has 1 saturated heterocycles. The average molecular weight is 447 g/mol. The average Bonchev–Trinajstić information content (AvgIpc) is 3.32. The molecule has 0 atom stereocenters. The van der Waals surface area contributed by atoms with Crippen molar-refractivity contribution in [2.75, 3.05) is 52.5 Å². The van der Waals surface area contributed by atoms with Crippen molar-refractivity contribution in [3.05, 3.63) is 53.9 Å². The maximum Gasteiger partial charge on any atom is 0.232 e. The Bertz CT molecular complexity index is 1180. The van der Waals surface area contributed by atoms with Crippen LogP contribution in [0, 0.1) is 11.3 Å². The van der Waals surface area contributed by atoms with E-state index in [-0.39, 0.29) is 0 Å². The lowest BCUT2D eigenvalue weighted by Crippen LogP contribution is -2.38. The molecule has 0 bridgehead atoms. The summed E-state index contributed by atoms with van der Waals surface area (Å²) in [4.78, 5) is 2.11. The predicted octanol–water partition coefficient (Wildman–Crippen LogP) is 3.19. The number of hydrogen-bond donors (Lipinski definition) is 0. The molecule has 0 N–H and O–H groups in total. The molecule has 9 heteroatoms. The van der Waals surface area contributed by atoms with Gasteiger partial charge in [-0.3, -0.25) is 4.57 Å². The summed E-state index contributed by atoms with van der Waals surface area (Å²) < 4.78 is 23.8. The summed E-state index contributed by atoms with van der Waals surface area (Å²) in [5, 5.41) is 18.9. The van der Waals surface area contributed by atoms with E-state index >= 15 is 0 Å². The van der Waals surface area contributed by atoms with Gasteiger partial charge in [0.1, 0.15) is 6.07 Å². The molecular formula is C24H25N5O4. The van der Waals surface area contributed by atoms with Crippen LogP contribution in [-0.4, -0.2) is 62.4 Å². The minimum Gasteiger partial charge on any atom is -0.493 e. The molecule has 1 aliphatic rings. The van der Waals surface area contributed by atoms with Gasteiger partial charge in [-0.2, -0.15) is 5.26 Å². The Morgan fingerprint density at radius 3 is 2.33 bits per heavy atom. The van der Waals surface area contributed by atoms with Crippen molar-refractivity contribution in [3.63, 3.8) is 0 Å². The lowest BCUT2D eigenvalue weighted by molar-refractivity contribution is 0.122. The van der Waals surface area contributed by atoms with Crippen molar-refractivity contribution in [1.29, 1.82) is 5.26 Å². The van der Waals surface area contributed by atoms with Crippen molar-refractivity contribution < 1.29 is 18.9 Å². The summed E-state index contributed by atoms with van der Waals surface area (Å²) in [6, 6.07) is 15.6. The smallest absolute Gasteiger partial charge is 0.232 e. The Hall–Kier alpha value is -4.03. The van der Waals surface area contributed by atoms with Crippen LogP contribution in [0.25, 0.3) is 17.3 Å². The fourth-order valence-electron chi connectivity index (χ4n) is 3.77. The highest BCUT2D eigenvalue weighted by atomic mass is 16.5. The van der Waals surface area contributed by atoms with Crippen LogP contribution in [0.1, 0.15) is 11.4 Å². The lowest BCUT2D eigenvalue weighted by atomic mass is 10.1. The quantitative estimate of drug-likeness (QED) is 0.510. The van der Waals surface area contributed by atoms with Crippen LogP contribution < -0.4 is 19.1 Å². The zero-order valence-electron chi connectivity index (χ0n) is 18.8. The second-order valence-electron chi connectivity index (χ2n) is 7.19. The van der Waals surface area contributed by atoms with E-state index in [2.05, 4.69) is 21.2 Å². The van der Waals surface area contributed by atoms with Crippen molar-refractivity contribution in [2.24, 2.45) is 0 Å². The second kappa shape index (κ2) is 10.1. The first-order chi connectivity index (χ1) is 16.2. The summed E-state index contributed by atoms with van der Waals surface area (Å²) in [5.41, 5.74) is 1.85. The second-order valence-corrected chi connectivity index (χ2v) is 7.19. The largest absolute Gasteiger partial charge is 0.493 e. The zero-order valence-corrected chi connectivity index (χ0v) is 18.8. The predicted molar refractivity (Wildman–Crippen MR) is 124 cm³/mol. The van der Waals surface area contributed by atoms with E-state index in [9.17, 15) is 5.26 Å². The van der Waals surface area contributed by atoms with Crippen LogP contribution in [0.4, 0.5) is 5.95 Å². The van der Waals surface area contributed by atoms with E-state index in [1.165, 1.54) is 0 Å². The first-order valence-electron chi connectivity index (χ1n) is 10.5. The number of methoxy groups -OCH3 is 3. The molecule has 0 unspecified atom stereocenters. The summed E-state index contributed by atoms with van der Waals surface area (Å²) in [5.74, 6) is 2.54.